The second kappa shape index (κ2) is 10.9. The molecule has 4 N–H and O–H groups in total. The molecule has 0 bridgehead atoms. The number of benzene rings is 1. The molecule has 196 valence electrons. The summed E-state index contributed by atoms with van der Waals surface area (Å²) in [7, 11) is 0. The van der Waals surface area contributed by atoms with Crippen molar-refractivity contribution in [2.24, 2.45) is 11.7 Å². The number of aromatic nitrogens is 1. The van der Waals surface area contributed by atoms with Crippen LogP contribution in [-0.2, 0) is 0 Å². The topological polar surface area (TPSA) is 117 Å². The molecular formula is C29H37N5O3. The number of hydrogen-bond donors (Lipinski definition) is 3. The highest BCUT2D eigenvalue weighted by Gasteiger charge is 2.41. The van der Waals surface area contributed by atoms with Crippen LogP contribution >= 0.6 is 0 Å². The number of pyridine rings is 1. The lowest BCUT2D eigenvalue weighted by Crippen LogP contribution is -2.43. The van der Waals surface area contributed by atoms with Crippen LogP contribution in [0.25, 0.3) is 0 Å². The number of anilines is 2. The Bertz CT molecular complexity index is 1160. The molecule has 5 rings (SSSR count). The fourth-order valence-electron chi connectivity index (χ4n) is 6.41. The van der Waals surface area contributed by atoms with Crippen molar-refractivity contribution >= 4 is 29.1 Å². The van der Waals surface area contributed by atoms with Gasteiger partial charge in [0.25, 0.3) is 11.8 Å². The average molecular weight is 504 g/mol. The van der Waals surface area contributed by atoms with Crippen LogP contribution in [-0.4, -0.2) is 47.3 Å². The van der Waals surface area contributed by atoms with Gasteiger partial charge < -0.3 is 21.3 Å². The average Bonchev–Trinajstić information content (AvgIpc) is 3.31. The number of Topliss-reactive ketones (excluding diaryl/α,β-unsaturated/α-hetero) is 1. The highest BCUT2D eigenvalue weighted by molar-refractivity contribution is 6.02. The van der Waals surface area contributed by atoms with E-state index in [2.05, 4.69) is 20.5 Å². The largest absolute Gasteiger partial charge is 0.382 e. The van der Waals surface area contributed by atoms with Gasteiger partial charge in [-0.1, -0.05) is 19.3 Å². The normalized spacial score (nSPS) is 23.8. The smallest absolute Gasteiger partial charge is 0.251 e. The highest BCUT2D eigenvalue weighted by atomic mass is 16.2. The third-order valence-electron chi connectivity index (χ3n) is 8.33. The summed E-state index contributed by atoms with van der Waals surface area (Å²) in [5.74, 6) is 0.790. The molecule has 0 spiro atoms. The van der Waals surface area contributed by atoms with Gasteiger partial charge in [-0.15, -0.1) is 0 Å². The van der Waals surface area contributed by atoms with Gasteiger partial charge in [-0.2, -0.15) is 0 Å². The van der Waals surface area contributed by atoms with E-state index in [-0.39, 0.29) is 17.7 Å². The van der Waals surface area contributed by atoms with Crippen molar-refractivity contribution in [1.29, 1.82) is 0 Å². The number of fused-ring (bicyclic) bond motifs is 1. The summed E-state index contributed by atoms with van der Waals surface area (Å²) in [6.45, 7) is 2.48. The first-order valence-corrected chi connectivity index (χ1v) is 13.6. The van der Waals surface area contributed by atoms with E-state index < -0.39 is 5.91 Å². The van der Waals surface area contributed by atoms with Gasteiger partial charge in [0.2, 0.25) is 0 Å². The first kappa shape index (κ1) is 25.2. The lowest BCUT2D eigenvalue weighted by atomic mass is 9.92. The van der Waals surface area contributed by atoms with Gasteiger partial charge in [0.15, 0.2) is 5.78 Å². The van der Waals surface area contributed by atoms with Crippen LogP contribution in [0.5, 0.6) is 0 Å². The van der Waals surface area contributed by atoms with E-state index in [4.69, 9.17) is 5.73 Å². The Labute approximate surface area is 218 Å². The summed E-state index contributed by atoms with van der Waals surface area (Å²) in [4.78, 5) is 43.8. The number of ketones is 1. The number of nitrogens with one attached hydrogen (secondary N) is 2. The summed E-state index contributed by atoms with van der Waals surface area (Å²) in [6, 6.07) is 9.60. The van der Waals surface area contributed by atoms with Crippen LogP contribution in [0, 0.1) is 5.92 Å². The van der Waals surface area contributed by atoms with Crippen LogP contribution in [0.4, 0.5) is 11.5 Å². The van der Waals surface area contributed by atoms with Crippen molar-refractivity contribution in [2.75, 3.05) is 16.8 Å². The number of nitrogens with two attached hydrogens (primary N) is 1. The van der Waals surface area contributed by atoms with Crippen molar-refractivity contribution in [1.82, 2.24) is 10.3 Å². The van der Waals surface area contributed by atoms with E-state index in [9.17, 15) is 14.4 Å². The molecule has 1 aliphatic heterocycles. The summed E-state index contributed by atoms with van der Waals surface area (Å²) < 4.78 is 0. The predicted octanol–water partition coefficient (Wildman–Crippen LogP) is 4.31. The summed E-state index contributed by atoms with van der Waals surface area (Å²) in [5.41, 5.74) is 7.86. The SMILES string of the molecule is CC(=O)c1ccc(N2CCCC3CC(NC(=O)c4ccc(C(N)=O)c(NC5CCCCC5)c4)CC32)nc1. The molecule has 2 aliphatic carbocycles. The molecule has 8 nitrogen and oxygen atoms in total. The lowest BCUT2D eigenvalue weighted by Gasteiger charge is -2.38. The zero-order valence-corrected chi connectivity index (χ0v) is 21.5. The van der Waals surface area contributed by atoms with E-state index in [0.717, 1.165) is 50.9 Å². The van der Waals surface area contributed by atoms with Crippen molar-refractivity contribution in [3.63, 3.8) is 0 Å². The first-order chi connectivity index (χ1) is 17.9. The molecule has 2 saturated carbocycles. The summed E-state index contributed by atoms with van der Waals surface area (Å²) >= 11 is 0. The lowest BCUT2D eigenvalue weighted by molar-refractivity contribution is 0.0934. The molecule has 3 unspecified atom stereocenters. The van der Waals surface area contributed by atoms with Crippen molar-refractivity contribution in [3.05, 3.63) is 53.2 Å². The number of rotatable bonds is 7. The Morgan fingerprint density at radius 1 is 0.946 bits per heavy atom. The molecule has 1 aromatic carbocycles. The molecule has 3 fully saturated rings. The number of carbonyl (C=O) groups excluding carboxylic acids is 3. The molecule has 3 atom stereocenters. The molecule has 2 heterocycles. The van der Waals surface area contributed by atoms with Gasteiger partial charge in [0, 0.05) is 47.7 Å². The molecule has 0 radical (unpaired) electrons. The summed E-state index contributed by atoms with van der Waals surface area (Å²) in [5, 5.41) is 6.73. The van der Waals surface area contributed by atoms with Crippen LogP contribution in [0.1, 0.15) is 95.8 Å². The third kappa shape index (κ3) is 5.63. The number of piperidine rings is 1. The van der Waals surface area contributed by atoms with Crippen LogP contribution in [0.3, 0.4) is 0 Å². The Kier molecular flexibility index (Phi) is 7.44. The zero-order valence-electron chi connectivity index (χ0n) is 21.5. The Morgan fingerprint density at radius 2 is 1.73 bits per heavy atom. The molecule has 2 amide bonds. The quantitative estimate of drug-likeness (QED) is 0.485. The molecule has 3 aliphatic rings. The molecule has 1 aromatic heterocycles. The molecule has 1 saturated heterocycles. The Morgan fingerprint density at radius 3 is 2.43 bits per heavy atom. The first-order valence-electron chi connectivity index (χ1n) is 13.6. The van der Waals surface area contributed by atoms with Crippen LogP contribution < -0.4 is 21.3 Å². The Balaban J connectivity index is 1.27. The molecule has 37 heavy (non-hydrogen) atoms. The fraction of sp³-hybridized carbons (Fsp3) is 0.517. The van der Waals surface area contributed by atoms with Crippen molar-refractivity contribution in [3.8, 4) is 0 Å². The van der Waals surface area contributed by atoms with Gasteiger partial charge >= 0.3 is 0 Å². The third-order valence-corrected chi connectivity index (χ3v) is 8.33. The predicted molar refractivity (Wildman–Crippen MR) is 144 cm³/mol. The summed E-state index contributed by atoms with van der Waals surface area (Å²) in [6.07, 6.45) is 11.4. The maximum atomic E-state index is 13.3. The van der Waals surface area contributed by atoms with E-state index >= 15 is 0 Å². The number of nitrogens with zero attached hydrogens (tertiary/aromatic N) is 2. The molecule has 2 aromatic rings. The fourth-order valence-corrected chi connectivity index (χ4v) is 6.41. The highest BCUT2D eigenvalue weighted by Crippen LogP contribution is 2.39. The second-order valence-corrected chi connectivity index (χ2v) is 10.9. The van der Waals surface area contributed by atoms with Gasteiger partial charge in [0.05, 0.1) is 5.56 Å². The Hall–Kier alpha value is -3.42. The number of carbonyl (C=O) groups is 3. The standard InChI is InChI=1S/C29H37N5O3/c1-18(35)21-10-12-27(31-17-21)34-13-5-6-19-14-23(16-26(19)34)33-29(37)20-9-11-24(28(30)36)25(15-20)32-22-7-3-2-4-8-22/h9-12,15,17,19,22-23,26,32H,2-8,13-14,16H2,1H3,(H2,30,36)(H,33,37). The number of primary amides is 1. The number of hydrogen-bond acceptors (Lipinski definition) is 6. The van der Waals surface area contributed by atoms with E-state index in [0.29, 0.717) is 40.4 Å². The van der Waals surface area contributed by atoms with E-state index in [1.807, 2.05) is 12.1 Å². The monoisotopic (exact) mass is 503 g/mol. The van der Waals surface area contributed by atoms with Gasteiger partial charge in [-0.05, 0) is 81.7 Å². The second-order valence-electron chi connectivity index (χ2n) is 10.9. The van der Waals surface area contributed by atoms with Gasteiger partial charge in [-0.3, -0.25) is 14.4 Å². The maximum Gasteiger partial charge on any atom is 0.251 e. The zero-order chi connectivity index (χ0) is 25.9. The van der Waals surface area contributed by atoms with Crippen molar-refractivity contribution in [2.45, 2.75) is 82.8 Å². The van der Waals surface area contributed by atoms with Gasteiger partial charge in [0.1, 0.15) is 5.82 Å². The van der Waals surface area contributed by atoms with E-state index in [1.54, 1.807) is 31.3 Å². The minimum absolute atomic E-state index is 0.0140. The van der Waals surface area contributed by atoms with E-state index in [1.165, 1.54) is 19.3 Å². The van der Waals surface area contributed by atoms with Crippen molar-refractivity contribution < 1.29 is 14.4 Å². The number of amides is 2. The molecular weight excluding hydrogens is 466 g/mol. The van der Waals surface area contributed by atoms with Crippen LogP contribution in [0.2, 0.25) is 0 Å². The molecule has 8 heteroatoms. The minimum atomic E-state index is -0.491. The van der Waals surface area contributed by atoms with Gasteiger partial charge in [-0.25, -0.2) is 4.98 Å². The maximum absolute atomic E-state index is 13.3. The minimum Gasteiger partial charge on any atom is -0.382 e. The van der Waals surface area contributed by atoms with Crippen LogP contribution in [0.15, 0.2) is 36.5 Å².